The average molecular weight is 368 g/mol. The minimum Gasteiger partial charge on any atom is -0.455 e. The molecule has 1 aromatic rings. The van der Waals surface area contributed by atoms with Crippen molar-refractivity contribution in [2.24, 2.45) is 5.92 Å². The summed E-state index contributed by atoms with van der Waals surface area (Å²) in [4.78, 5) is 16.7. The van der Waals surface area contributed by atoms with Crippen molar-refractivity contribution in [3.63, 3.8) is 0 Å². The van der Waals surface area contributed by atoms with Gasteiger partial charge in [-0.05, 0) is 57.3 Å². The minimum absolute atomic E-state index is 0.0616. The van der Waals surface area contributed by atoms with E-state index in [0.29, 0.717) is 18.7 Å². The third-order valence-electron chi connectivity index (χ3n) is 5.38. The third-order valence-corrected chi connectivity index (χ3v) is 7.13. The zero-order chi connectivity index (χ0) is 18.0. The van der Waals surface area contributed by atoms with E-state index in [2.05, 4.69) is 11.8 Å². The van der Waals surface area contributed by atoms with Crippen molar-refractivity contribution in [1.29, 1.82) is 0 Å². The van der Waals surface area contributed by atoms with E-state index < -0.39 is 9.84 Å². The van der Waals surface area contributed by atoms with Crippen LogP contribution in [0.4, 0.5) is 0 Å². The summed E-state index contributed by atoms with van der Waals surface area (Å²) in [5.74, 6) is 1.91. The number of likely N-dealkylation sites (tertiary alicyclic amines) is 1. The lowest BCUT2D eigenvalue weighted by Gasteiger charge is -2.29. The molecule has 0 bridgehead atoms. The van der Waals surface area contributed by atoms with E-state index in [1.54, 1.807) is 11.0 Å². The van der Waals surface area contributed by atoms with Gasteiger partial charge in [0.25, 0.3) is 5.91 Å². The summed E-state index contributed by atoms with van der Waals surface area (Å²) in [6, 6.07) is 3.35. The Hall–Kier alpha value is -1.34. The van der Waals surface area contributed by atoms with Crippen LogP contribution in [0.5, 0.6) is 0 Å². The SMILES string of the molecule is CCN(C(=O)c1ccc(CN2CCC(C)CC2)o1)[C@@H]1CCS(=O)(=O)C1. The lowest BCUT2D eigenvalue weighted by Crippen LogP contribution is -2.40. The second kappa shape index (κ2) is 7.50. The van der Waals surface area contributed by atoms with Crippen molar-refractivity contribution in [3.05, 3.63) is 23.7 Å². The molecule has 0 N–H and O–H groups in total. The molecule has 140 valence electrons. The first-order chi connectivity index (χ1) is 11.9. The maximum Gasteiger partial charge on any atom is 0.289 e. The topological polar surface area (TPSA) is 70.8 Å². The van der Waals surface area contributed by atoms with Crippen LogP contribution in [0.25, 0.3) is 0 Å². The highest BCUT2D eigenvalue weighted by Crippen LogP contribution is 2.22. The molecular weight excluding hydrogens is 340 g/mol. The zero-order valence-corrected chi connectivity index (χ0v) is 15.9. The van der Waals surface area contributed by atoms with Crippen LogP contribution in [0.15, 0.2) is 16.5 Å². The van der Waals surface area contributed by atoms with E-state index >= 15 is 0 Å². The molecule has 1 atom stereocenters. The molecule has 0 unspecified atom stereocenters. The largest absolute Gasteiger partial charge is 0.455 e. The Balaban J connectivity index is 1.63. The molecule has 6 nitrogen and oxygen atoms in total. The highest BCUT2D eigenvalue weighted by atomic mass is 32.2. The van der Waals surface area contributed by atoms with Crippen LogP contribution in [0, 0.1) is 5.92 Å². The van der Waals surface area contributed by atoms with E-state index in [-0.39, 0.29) is 23.5 Å². The average Bonchev–Trinajstić information content (AvgIpc) is 3.17. The molecule has 0 aromatic carbocycles. The van der Waals surface area contributed by atoms with Crippen LogP contribution in [0.1, 0.15) is 49.4 Å². The molecule has 1 amide bonds. The van der Waals surface area contributed by atoms with Crippen LogP contribution in [-0.2, 0) is 16.4 Å². The molecule has 0 spiro atoms. The Morgan fingerprint density at radius 2 is 2.00 bits per heavy atom. The van der Waals surface area contributed by atoms with Gasteiger partial charge in [0.1, 0.15) is 5.76 Å². The summed E-state index contributed by atoms with van der Waals surface area (Å²) >= 11 is 0. The van der Waals surface area contributed by atoms with Crippen molar-refractivity contribution in [3.8, 4) is 0 Å². The van der Waals surface area contributed by atoms with Crippen molar-refractivity contribution in [2.45, 2.75) is 45.7 Å². The smallest absolute Gasteiger partial charge is 0.289 e. The second-order valence-electron chi connectivity index (χ2n) is 7.37. The summed E-state index contributed by atoms with van der Waals surface area (Å²) in [7, 11) is -3.02. The second-order valence-corrected chi connectivity index (χ2v) is 9.60. The Morgan fingerprint density at radius 1 is 1.28 bits per heavy atom. The number of carbonyl (C=O) groups excluding carboxylic acids is 1. The highest BCUT2D eigenvalue weighted by molar-refractivity contribution is 7.91. The molecule has 2 saturated heterocycles. The van der Waals surface area contributed by atoms with Gasteiger partial charge in [-0.15, -0.1) is 0 Å². The number of amides is 1. The molecular formula is C18H28N2O4S. The number of hydrogen-bond donors (Lipinski definition) is 0. The van der Waals surface area contributed by atoms with Gasteiger partial charge < -0.3 is 9.32 Å². The lowest BCUT2D eigenvalue weighted by molar-refractivity contribution is 0.0671. The highest BCUT2D eigenvalue weighted by Gasteiger charge is 2.35. The first-order valence-electron chi connectivity index (χ1n) is 9.20. The van der Waals surface area contributed by atoms with Gasteiger partial charge in [-0.2, -0.15) is 0 Å². The first kappa shape index (κ1) is 18.5. The van der Waals surface area contributed by atoms with Gasteiger partial charge in [-0.1, -0.05) is 6.92 Å². The van der Waals surface area contributed by atoms with Crippen LogP contribution in [-0.4, -0.2) is 61.3 Å². The van der Waals surface area contributed by atoms with E-state index in [9.17, 15) is 13.2 Å². The summed E-state index contributed by atoms with van der Waals surface area (Å²) < 4.78 is 29.2. The minimum atomic E-state index is -3.02. The Kier molecular flexibility index (Phi) is 5.53. The number of furan rings is 1. The number of carbonyl (C=O) groups is 1. The van der Waals surface area contributed by atoms with Gasteiger partial charge in [-0.3, -0.25) is 9.69 Å². The van der Waals surface area contributed by atoms with Crippen molar-refractivity contribution in [2.75, 3.05) is 31.1 Å². The predicted octanol–water partition coefficient (Wildman–Crippen LogP) is 2.16. The van der Waals surface area contributed by atoms with Crippen LogP contribution < -0.4 is 0 Å². The van der Waals surface area contributed by atoms with E-state index in [0.717, 1.165) is 31.3 Å². The van der Waals surface area contributed by atoms with E-state index in [1.165, 1.54) is 12.8 Å². The fourth-order valence-electron chi connectivity index (χ4n) is 3.75. The fourth-order valence-corrected chi connectivity index (χ4v) is 5.48. The Bertz CT molecular complexity index is 704. The van der Waals surface area contributed by atoms with Crippen LogP contribution in [0.2, 0.25) is 0 Å². The monoisotopic (exact) mass is 368 g/mol. The Labute approximate surface area is 150 Å². The number of rotatable bonds is 5. The van der Waals surface area contributed by atoms with Crippen molar-refractivity contribution in [1.82, 2.24) is 9.80 Å². The predicted molar refractivity (Wildman–Crippen MR) is 96.2 cm³/mol. The summed E-state index contributed by atoms with van der Waals surface area (Å²) in [5.41, 5.74) is 0. The van der Waals surface area contributed by atoms with Crippen molar-refractivity contribution >= 4 is 15.7 Å². The van der Waals surface area contributed by atoms with Gasteiger partial charge in [0.15, 0.2) is 15.6 Å². The molecule has 3 rings (SSSR count). The number of hydrogen-bond acceptors (Lipinski definition) is 5. The molecule has 3 heterocycles. The lowest BCUT2D eigenvalue weighted by atomic mass is 9.99. The molecule has 2 fully saturated rings. The fraction of sp³-hybridized carbons (Fsp3) is 0.722. The van der Waals surface area contributed by atoms with Gasteiger partial charge in [0.05, 0.1) is 18.1 Å². The van der Waals surface area contributed by atoms with Crippen LogP contribution in [0.3, 0.4) is 0 Å². The normalized spacial score (nSPS) is 24.5. The number of piperidine rings is 1. The third kappa shape index (κ3) is 4.44. The molecule has 0 aliphatic carbocycles. The van der Waals surface area contributed by atoms with E-state index in [4.69, 9.17) is 4.42 Å². The maximum atomic E-state index is 12.7. The van der Waals surface area contributed by atoms with Crippen LogP contribution >= 0.6 is 0 Å². The number of sulfone groups is 1. The summed E-state index contributed by atoms with van der Waals surface area (Å²) in [6.45, 7) is 7.49. The summed E-state index contributed by atoms with van der Waals surface area (Å²) in [6.07, 6.45) is 2.92. The maximum absolute atomic E-state index is 12.7. The van der Waals surface area contributed by atoms with Gasteiger partial charge in [-0.25, -0.2) is 8.42 Å². The van der Waals surface area contributed by atoms with Gasteiger partial charge in [0, 0.05) is 12.6 Å². The molecule has 2 aliphatic rings. The Morgan fingerprint density at radius 3 is 2.60 bits per heavy atom. The summed E-state index contributed by atoms with van der Waals surface area (Å²) in [5, 5.41) is 0. The zero-order valence-electron chi connectivity index (χ0n) is 15.1. The first-order valence-corrected chi connectivity index (χ1v) is 11.0. The molecule has 1 aromatic heterocycles. The van der Waals surface area contributed by atoms with Crippen molar-refractivity contribution < 1.29 is 17.6 Å². The molecule has 7 heteroatoms. The molecule has 0 saturated carbocycles. The number of nitrogens with zero attached hydrogens (tertiary/aromatic N) is 2. The quantitative estimate of drug-likeness (QED) is 0.796. The van der Waals surface area contributed by atoms with Gasteiger partial charge in [0.2, 0.25) is 0 Å². The van der Waals surface area contributed by atoms with Gasteiger partial charge >= 0.3 is 0 Å². The molecule has 2 aliphatic heterocycles. The molecule has 25 heavy (non-hydrogen) atoms. The van der Waals surface area contributed by atoms with E-state index in [1.807, 2.05) is 13.0 Å². The standard InChI is InChI=1S/C18H28N2O4S/c1-3-20(15-8-11-25(22,23)13-15)18(21)17-5-4-16(24-17)12-19-9-6-14(2)7-10-19/h4-5,14-15H,3,6-13H2,1-2H3/t15-/m1/s1. The molecule has 0 radical (unpaired) electrons.